The molecule has 0 bridgehead atoms. The van der Waals surface area contributed by atoms with E-state index in [1.165, 1.54) is 12.8 Å². The molecule has 1 heterocycles. The summed E-state index contributed by atoms with van der Waals surface area (Å²) in [6.07, 6.45) is 3.67. The maximum absolute atomic E-state index is 5.63. The van der Waals surface area contributed by atoms with Crippen LogP contribution in [-0.2, 0) is 18.3 Å². The Labute approximate surface area is 155 Å². The quantitative estimate of drug-likeness (QED) is 0.266. The lowest BCUT2D eigenvalue weighted by Crippen LogP contribution is -2.38. The maximum atomic E-state index is 5.63. The number of nitrogens with one attached hydrogen (secondary N) is 2. The molecule has 0 atom stereocenters. The average Bonchev–Trinajstić information content (AvgIpc) is 3.28. The Morgan fingerprint density at radius 1 is 1.35 bits per heavy atom. The molecule has 132 valence electrons. The van der Waals surface area contributed by atoms with Gasteiger partial charge in [-0.2, -0.15) is 0 Å². The van der Waals surface area contributed by atoms with Crippen LogP contribution in [0.5, 0.6) is 0 Å². The van der Waals surface area contributed by atoms with E-state index in [9.17, 15) is 0 Å². The zero-order valence-electron chi connectivity index (χ0n) is 14.3. The van der Waals surface area contributed by atoms with Gasteiger partial charge in [0.2, 0.25) is 0 Å². The van der Waals surface area contributed by atoms with Gasteiger partial charge < -0.3 is 19.9 Å². The van der Waals surface area contributed by atoms with Crippen LogP contribution < -0.4 is 10.6 Å². The zero-order valence-corrected chi connectivity index (χ0v) is 16.7. The van der Waals surface area contributed by atoms with Crippen molar-refractivity contribution in [3.05, 3.63) is 11.6 Å². The van der Waals surface area contributed by atoms with E-state index in [1.807, 2.05) is 18.5 Å². The van der Waals surface area contributed by atoms with Crippen molar-refractivity contribution in [2.75, 3.05) is 26.3 Å². The zero-order chi connectivity index (χ0) is 15.8. The van der Waals surface area contributed by atoms with Crippen LogP contribution in [0.25, 0.3) is 0 Å². The standard InChI is InChI=1S/C15H28N6O.HI/c1-4-16-15(17-8-5-9-22-11-13-6-7-13)18-10-14-20-19-12(2)21(14)3;/h13H,4-11H2,1-3H3,(H2,16,17,18);1H. The van der Waals surface area contributed by atoms with Gasteiger partial charge in [0.05, 0.1) is 0 Å². The maximum Gasteiger partial charge on any atom is 0.191 e. The van der Waals surface area contributed by atoms with Gasteiger partial charge in [0.25, 0.3) is 0 Å². The Morgan fingerprint density at radius 3 is 2.74 bits per heavy atom. The van der Waals surface area contributed by atoms with Crippen LogP contribution in [0, 0.1) is 12.8 Å². The Kier molecular flexibility index (Phi) is 9.46. The van der Waals surface area contributed by atoms with Gasteiger partial charge in [0, 0.05) is 33.4 Å². The van der Waals surface area contributed by atoms with E-state index in [1.54, 1.807) is 0 Å². The van der Waals surface area contributed by atoms with E-state index in [0.29, 0.717) is 6.54 Å². The highest BCUT2D eigenvalue weighted by Gasteiger charge is 2.20. The summed E-state index contributed by atoms with van der Waals surface area (Å²) in [4.78, 5) is 4.54. The molecule has 0 aliphatic heterocycles. The van der Waals surface area contributed by atoms with E-state index in [4.69, 9.17) is 4.74 Å². The minimum atomic E-state index is 0. The molecule has 0 saturated heterocycles. The molecule has 2 rings (SSSR count). The minimum Gasteiger partial charge on any atom is -0.381 e. The van der Waals surface area contributed by atoms with Gasteiger partial charge in [-0.3, -0.25) is 0 Å². The van der Waals surface area contributed by atoms with Crippen LogP contribution in [0.4, 0.5) is 0 Å². The summed E-state index contributed by atoms with van der Waals surface area (Å²) < 4.78 is 7.58. The number of aromatic nitrogens is 3. The lowest BCUT2D eigenvalue weighted by Gasteiger charge is -2.11. The summed E-state index contributed by atoms with van der Waals surface area (Å²) in [6.45, 7) is 7.94. The SMILES string of the molecule is CCNC(=NCc1nnc(C)n1C)NCCCOCC1CC1.I. The molecule has 1 aliphatic rings. The second-order valence-electron chi connectivity index (χ2n) is 5.72. The normalized spacial score (nSPS) is 14.5. The summed E-state index contributed by atoms with van der Waals surface area (Å²) in [5.41, 5.74) is 0. The number of guanidine groups is 1. The minimum absolute atomic E-state index is 0. The molecule has 0 spiro atoms. The summed E-state index contributed by atoms with van der Waals surface area (Å²) >= 11 is 0. The number of rotatable bonds is 9. The number of aliphatic imine (C=N–C) groups is 1. The van der Waals surface area contributed by atoms with E-state index in [0.717, 1.165) is 56.3 Å². The predicted octanol–water partition coefficient (Wildman–Crippen LogP) is 1.61. The number of hydrogen-bond donors (Lipinski definition) is 2. The summed E-state index contributed by atoms with van der Waals surface area (Å²) in [5.74, 6) is 3.41. The molecule has 23 heavy (non-hydrogen) atoms. The smallest absolute Gasteiger partial charge is 0.191 e. The highest BCUT2D eigenvalue weighted by Crippen LogP contribution is 2.28. The molecule has 0 aromatic carbocycles. The molecule has 0 unspecified atom stereocenters. The predicted molar refractivity (Wildman–Crippen MR) is 102 cm³/mol. The van der Waals surface area contributed by atoms with Gasteiger partial charge in [0.1, 0.15) is 12.4 Å². The molecule has 1 fully saturated rings. The molecule has 8 heteroatoms. The lowest BCUT2D eigenvalue weighted by atomic mass is 10.4. The second kappa shape index (κ2) is 10.8. The largest absolute Gasteiger partial charge is 0.381 e. The number of halogens is 1. The molecule has 1 aromatic rings. The van der Waals surface area contributed by atoms with Crippen molar-refractivity contribution in [3.8, 4) is 0 Å². The van der Waals surface area contributed by atoms with Crippen molar-refractivity contribution in [2.24, 2.45) is 18.0 Å². The van der Waals surface area contributed by atoms with Gasteiger partial charge >= 0.3 is 0 Å². The van der Waals surface area contributed by atoms with Crippen molar-refractivity contribution in [1.82, 2.24) is 25.4 Å². The highest BCUT2D eigenvalue weighted by molar-refractivity contribution is 14.0. The van der Waals surface area contributed by atoms with Gasteiger partial charge in [-0.1, -0.05) is 0 Å². The first-order valence-corrected chi connectivity index (χ1v) is 8.15. The van der Waals surface area contributed by atoms with Gasteiger partial charge in [-0.25, -0.2) is 4.99 Å². The molecule has 2 N–H and O–H groups in total. The molecule has 1 aromatic heterocycles. The third kappa shape index (κ3) is 7.47. The lowest BCUT2D eigenvalue weighted by molar-refractivity contribution is 0.123. The summed E-state index contributed by atoms with van der Waals surface area (Å²) in [6, 6.07) is 0. The molecular formula is C15H29IN6O. The third-order valence-corrected chi connectivity index (χ3v) is 3.71. The second-order valence-corrected chi connectivity index (χ2v) is 5.72. The monoisotopic (exact) mass is 436 g/mol. The molecule has 7 nitrogen and oxygen atoms in total. The molecule has 0 radical (unpaired) electrons. The van der Waals surface area contributed by atoms with Crippen LogP contribution in [0.15, 0.2) is 4.99 Å². The molecule has 0 amide bonds. The third-order valence-electron chi connectivity index (χ3n) is 3.71. The van der Waals surface area contributed by atoms with E-state index < -0.39 is 0 Å². The van der Waals surface area contributed by atoms with Crippen LogP contribution in [0.1, 0.15) is 37.8 Å². The first-order chi connectivity index (χ1) is 10.7. The van der Waals surface area contributed by atoms with Crippen molar-refractivity contribution in [2.45, 2.75) is 39.7 Å². The van der Waals surface area contributed by atoms with Crippen LogP contribution >= 0.6 is 24.0 Å². The van der Waals surface area contributed by atoms with Gasteiger partial charge in [-0.15, -0.1) is 34.2 Å². The number of aryl methyl sites for hydroxylation is 1. The van der Waals surface area contributed by atoms with Gasteiger partial charge in [-0.05, 0) is 39.0 Å². The first kappa shape index (κ1) is 20.1. The number of hydrogen-bond acceptors (Lipinski definition) is 4. The van der Waals surface area contributed by atoms with Crippen molar-refractivity contribution in [3.63, 3.8) is 0 Å². The first-order valence-electron chi connectivity index (χ1n) is 8.15. The van der Waals surface area contributed by atoms with E-state index in [-0.39, 0.29) is 24.0 Å². The topological polar surface area (TPSA) is 76.4 Å². The average molecular weight is 436 g/mol. The van der Waals surface area contributed by atoms with E-state index >= 15 is 0 Å². The number of nitrogens with zero attached hydrogens (tertiary/aromatic N) is 4. The summed E-state index contributed by atoms with van der Waals surface area (Å²) in [7, 11) is 1.96. The Hall–Kier alpha value is -0.900. The Morgan fingerprint density at radius 2 is 2.13 bits per heavy atom. The van der Waals surface area contributed by atoms with Crippen molar-refractivity contribution in [1.29, 1.82) is 0 Å². The number of ether oxygens (including phenoxy) is 1. The molecule has 1 aliphatic carbocycles. The van der Waals surface area contributed by atoms with Crippen LogP contribution in [0.3, 0.4) is 0 Å². The molecular weight excluding hydrogens is 407 g/mol. The van der Waals surface area contributed by atoms with Crippen LogP contribution in [-0.4, -0.2) is 47.0 Å². The fourth-order valence-corrected chi connectivity index (χ4v) is 2.00. The fraction of sp³-hybridized carbons (Fsp3) is 0.800. The molecule has 1 saturated carbocycles. The van der Waals surface area contributed by atoms with Crippen LogP contribution in [0.2, 0.25) is 0 Å². The Bertz CT molecular complexity index is 486. The van der Waals surface area contributed by atoms with Gasteiger partial charge in [0.15, 0.2) is 11.8 Å². The van der Waals surface area contributed by atoms with E-state index in [2.05, 4.69) is 32.7 Å². The highest BCUT2D eigenvalue weighted by atomic mass is 127. The Balaban J connectivity index is 0.00000264. The van der Waals surface area contributed by atoms with Crippen molar-refractivity contribution >= 4 is 29.9 Å². The fourth-order valence-electron chi connectivity index (χ4n) is 2.00. The summed E-state index contributed by atoms with van der Waals surface area (Å²) in [5, 5.41) is 14.7. The van der Waals surface area contributed by atoms with Crippen molar-refractivity contribution < 1.29 is 4.74 Å².